The molecule has 2 aliphatic heterocycles. The number of hydrogen-bond acceptors (Lipinski definition) is 3. The SMILES string of the molecule is CC12OC1CCC2OC1CCC2OC12C. The van der Waals surface area contributed by atoms with E-state index < -0.39 is 0 Å². The van der Waals surface area contributed by atoms with Crippen LogP contribution in [0.4, 0.5) is 0 Å². The summed E-state index contributed by atoms with van der Waals surface area (Å²) < 4.78 is 17.6. The normalized spacial score (nSPS) is 65.2. The van der Waals surface area contributed by atoms with E-state index in [-0.39, 0.29) is 11.2 Å². The van der Waals surface area contributed by atoms with Crippen LogP contribution in [-0.4, -0.2) is 35.6 Å². The maximum Gasteiger partial charge on any atom is 0.118 e. The van der Waals surface area contributed by atoms with Crippen LogP contribution in [0.3, 0.4) is 0 Å². The molecular formula is C12H18O3. The molecule has 0 radical (unpaired) electrons. The third-order valence-electron chi connectivity index (χ3n) is 4.95. The maximum absolute atomic E-state index is 6.24. The molecule has 6 atom stereocenters. The Kier molecular flexibility index (Phi) is 1.44. The van der Waals surface area contributed by atoms with Crippen LogP contribution in [0.2, 0.25) is 0 Å². The van der Waals surface area contributed by atoms with Gasteiger partial charge < -0.3 is 14.2 Å². The zero-order valence-electron chi connectivity index (χ0n) is 9.36. The number of ether oxygens (including phenoxy) is 3. The average Bonchev–Trinajstić information content (AvgIpc) is 2.99. The lowest BCUT2D eigenvalue weighted by Crippen LogP contribution is -2.36. The van der Waals surface area contributed by atoms with Gasteiger partial charge in [-0.25, -0.2) is 0 Å². The molecule has 4 rings (SSSR count). The Bertz CT molecular complexity index is 284. The Balaban J connectivity index is 1.48. The first-order valence-corrected chi connectivity index (χ1v) is 6.14. The van der Waals surface area contributed by atoms with E-state index in [0.717, 1.165) is 0 Å². The fourth-order valence-electron chi connectivity index (χ4n) is 3.59. The molecule has 3 heteroatoms. The molecule has 0 spiro atoms. The van der Waals surface area contributed by atoms with Gasteiger partial charge in [0.15, 0.2) is 0 Å². The van der Waals surface area contributed by atoms with Crippen molar-refractivity contribution in [2.75, 3.05) is 0 Å². The largest absolute Gasteiger partial charge is 0.369 e. The highest BCUT2D eigenvalue weighted by atomic mass is 16.7. The molecule has 2 saturated heterocycles. The summed E-state index contributed by atoms with van der Waals surface area (Å²) in [6, 6.07) is 0. The Morgan fingerprint density at radius 2 is 1.33 bits per heavy atom. The maximum atomic E-state index is 6.24. The molecule has 2 aliphatic carbocycles. The van der Waals surface area contributed by atoms with Crippen LogP contribution in [0.5, 0.6) is 0 Å². The molecule has 0 amide bonds. The minimum atomic E-state index is 0.0450. The van der Waals surface area contributed by atoms with E-state index in [1.807, 2.05) is 0 Å². The molecule has 6 unspecified atom stereocenters. The minimum absolute atomic E-state index is 0.0450. The first-order valence-electron chi connectivity index (χ1n) is 6.14. The van der Waals surface area contributed by atoms with Gasteiger partial charge >= 0.3 is 0 Å². The molecule has 0 aromatic heterocycles. The van der Waals surface area contributed by atoms with Crippen LogP contribution < -0.4 is 0 Å². The fraction of sp³-hybridized carbons (Fsp3) is 1.00. The van der Waals surface area contributed by atoms with Crippen molar-refractivity contribution in [3.63, 3.8) is 0 Å². The van der Waals surface area contributed by atoms with Crippen LogP contribution in [0.1, 0.15) is 39.5 Å². The van der Waals surface area contributed by atoms with Crippen LogP contribution in [0.15, 0.2) is 0 Å². The number of hydrogen-bond donors (Lipinski definition) is 0. The van der Waals surface area contributed by atoms with E-state index in [0.29, 0.717) is 24.4 Å². The zero-order valence-corrected chi connectivity index (χ0v) is 9.36. The van der Waals surface area contributed by atoms with Gasteiger partial charge in [-0.3, -0.25) is 0 Å². The molecule has 0 N–H and O–H groups in total. The molecule has 3 nitrogen and oxygen atoms in total. The number of rotatable bonds is 2. The van der Waals surface area contributed by atoms with Gasteiger partial charge in [-0.1, -0.05) is 0 Å². The summed E-state index contributed by atoms with van der Waals surface area (Å²) in [7, 11) is 0. The lowest BCUT2D eigenvalue weighted by Gasteiger charge is -2.25. The predicted molar refractivity (Wildman–Crippen MR) is 53.7 cm³/mol. The van der Waals surface area contributed by atoms with Gasteiger partial charge in [0.2, 0.25) is 0 Å². The van der Waals surface area contributed by atoms with Crippen molar-refractivity contribution in [3.8, 4) is 0 Å². The molecular weight excluding hydrogens is 192 g/mol. The minimum Gasteiger partial charge on any atom is -0.369 e. The quantitative estimate of drug-likeness (QED) is 0.650. The van der Waals surface area contributed by atoms with Gasteiger partial charge in [-0.05, 0) is 39.5 Å². The molecule has 15 heavy (non-hydrogen) atoms. The zero-order chi connectivity index (χ0) is 10.3. The molecule has 4 aliphatic rings. The highest BCUT2D eigenvalue weighted by Gasteiger charge is 2.67. The molecule has 0 aromatic carbocycles. The number of fused-ring (bicyclic) bond motifs is 2. The van der Waals surface area contributed by atoms with Crippen molar-refractivity contribution in [2.45, 2.75) is 75.1 Å². The second-order valence-corrected chi connectivity index (χ2v) is 5.85. The van der Waals surface area contributed by atoms with E-state index in [2.05, 4.69) is 13.8 Å². The topological polar surface area (TPSA) is 34.3 Å². The Morgan fingerprint density at radius 3 is 1.60 bits per heavy atom. The van der Waals surface area contributed by atoms with Gasteiger partial charge in [0.1, 0.15) is 11.2 Å². The lowest BCUT2D eigenvalue weighted by atomic mass is 10.1. The first-order chi connectivity index (χ1) is 7.13. The van der Waals surface area contributed by atoms with E-state index >= 15 is 0 Å². The van der Waals surface area contributed by atoms with Gasteiger partial charge in [0.05, 0.1) is 24.4 Å². The van der Waals surface area contributed by atoms with Crippen LogP contribution >= 0.6 is 0 Å². The van der Waals surface area contributed by atoms with Gasteiger partial charge in [0, 0.05) is 0 Å². The third-order valence-corrected chi connectivity index (χ3v) is 4.95. The van der Waals surface area contributed by atoms with Gasteiger partial charge in [0.25, 0.3) is 0 Å². The van der Waals surface area contributed by atoms with Crippen molar-refractivity contribution in [1.82, 2.24) is 0 Å². The molecule has 4 fully saturated rings. The summed E-state index contributed by atoms with van der Waals surface area (Å²) in [4.78, 5) is 0. The Hall–Kier alpha value is -0.120. The van der Waals surface area contributed by atoms with E-state index in [9.17, 15) is 0 Å². The molecule has 0 aromatic rings. The summed E-state index contributed by atoms with van der Waals surface area (Å²) in [6.45, 7) is 4.38. The summed E-state index contributed by atoms with van der Waals surface area (Å²) >= 11 is 0. The van der Waals surface area contributed by atoms with Crippen LogP contribution in [0.25, 0.3) is 0 Å². The highest BCUT2D eigenvalue weighted by Crippen LogP contribution is 2.55. The monoisotopic (exact) mass is 210 g/mol. The summed E-state index contributed by atoms with van der Waals surface area (Å²) in [5.41, 5.74) is 0.0900. The summed E-state index contributed by atoms with van der Waals surface area (Å²) in [6.07, 6.45) is 6.26. The van der Waals surface area contributed by atoms with Crippen LogP contribution in [-0.2, 0) is 14.2 Å². The molecule has 2 heterocycles. The molecule has 2 saturated carbocycles. The lowest BCUT2D eigenvalue weighted by molar-refractivity contribution is -0.0804. The standard InChI is InChI=1S/C12H18O3/c1-11-7(3-5-9(11)14-11)13-8-4-6-10-12(8,2)15-10/h7-10H,3-6H2,1-2H3. The number of epoxide rings is 2. The van der Waals surface area contributed by atoms with E-state index in [1.54, 1.807) is 0 Å². The van der Waals surface area contributed by atoms with E-state index in [1.165, 1.54) is 25.7 Å². The highest BCUT2D eigenvalue weighted by molar-refractivity contribution is 5.14. The van der Waals surface area contributed by atoms with Crippen molar-refractivity contribution in [3.05, 3.63) is 0 Å². The predicted octanol–water partition coefficient (Wildman–Crippen LogP) is 1.64. The third kappa shape index (κ3) is 1.02. The van der Waals surface area contributed by atoms with Crippen molar-refractivity contribution in [2.24, 2.45) is 0 Å². The van der Waals surface area contributed by atoms with Crippen molar-refractivity contribution >= 4 is 0 Å². The molecule has 84 valence electrons. The Labute approximate surface area is 90.1 Å². The van der Waals surface area contributed by atoms with Crippen molar-refractivity contribution in [1.29, 1.82) is 0 Å². The van der Waals surface area contributed by atoms with Gasteiger partial charge in [-0.15, -0.1) is 0 Å². The summed E-state index contributed by atoms with van der Waals surface area (Å²) in [5.74, 6) is 0. The van der Waals surface area contributed by atoms with E-state index in [4.69, 9.17) is 14.2 Å². The van der Waals surface area contributed by atoms with Crippen molar-refractivity contribution < 1.29 is 14.2 Å². The first kappa shape index (κ1) is 8.97. The second-order valence-electron chi connectivity index (χ2n) is 5.85. The Morgan fingerprint density at radius 1 is 0.867 bits per heavy atom. The molecule has 0 bridgehead atoms. The second kappa shape index (κ2) is 2.41. The fourth-order valence-corrected chi connectivity index (χ4v) is 3.59. The smallest absolute Gasteiger partial charge is 0.118 e. The average molecular weight is 210 g/mol. The summed E-state index contributed by atoms with van der Waals surface area (Å²) in [5, 5.41) is 0. The van der Waals surface area contributed by atoms with Crippen LogP contribution in [0, 0.1) is 0 Å². The van der Waals surface area contributed by atoms with Gasteiger partial charge in [-0.2, -0.15) is 0 Å².